The number of hydrogen-bond acceptors (Lipinski definition) is 2. The third-order valence-corrected chi connectivity index (χ3v) is 5.95. The molecular weight excluding hydrogens is 413 g/mol. The third-order valence-electron chi connectivity index (χ3n) is 5.95. The zero-order valence-electron chi connectivity index (χ0n) is 17.6. The van der Waals surface area contributed by atoms with Crippen LogP contribution < -0.4 is 4.90 Å². The highest BCUT2D eigenvalue weighted by atomic mass is 19.4. The number of anilines is 1. The molecular formula is C26H25F3N2O. The number of nitrogens with zero attached hydrogens (tertiary/aromatic N) is 2. The molecule has 3 nitrogen and oxygen atoms in total. The first-order valence-electron chi connectivity index (χ1n) is 10.7. The molecule has 4 rings (SSSR count). The lowest BCUT2D eigenvalue weighted by atomic mass is 9.88. The summed E-state index contributed by atoms with van der Waals surface area (Å²) in [5.74, 6) is 0.0257. The van der Waals surface area contributed by atoms with Crippen LogP contribution in [0.2, 0.25) is 0 Å². The van der Waals surface area contributed by atoms with Crippen LogP contribution in [0.1, 0.15) is 29.0 Å². The van der Waals surface area contributed by atoms with Crippen LogP contribution in [0.4, 0.5) is 18.9 Å². The van der Waals surface area contributed by atoms with Gasteiger partial charge in [0, 0.05) is 44.2 Å². The summed E-state index contributed by atoms with van der Waals surface area (Å²) in [6, 6.07) is 25.4. The number of halogens is 3. The normalized spacial score (nSPS) is 14.6. The van der Waals surface area contributed by atoms with E-state index in [1.165, 1.54) is 12.1 Å². The van der Waals surface area contributed by atoms with E-state index in [4.69, 9.17) is 0 Å². The fourth-order valence-corrected chi connectivity index (χ4v) is 4.20. The van der Waals surface area contributed by atoms with E-state index in [-0.39, 0.29) is 11.8 Å². The van der Waals surface area contributed by atoms with Crippen molar-refractivity contribution in [2.45, 2.75) is 18.5 Å². The summed E-state index contributed by atoms with van der Waals surface area (Å²) in [6.07, 6.45) is -4.00. The summed E-state index contributed by atoms with van der Waals surface area (Å²) in [5, 5.41) is 0. The lowest BCUT2D eigenvalue weighted by molar-refractivity contribution is -0.137. The summed E-state index contributed by atoms with van der Waals surface area (Å²) >= 11 is 0. The summed E-state index contributed by atoms with van der Waals surface area (Å²) in [5.41, 5.74) is 2.07. The Kier molecular flexibility index (Phi) is 6.49. The van der Waals surface area contributed by atoms with E-state index in [2.05, 4.69) is 0 Å². The standard InChI is InChI=1S/C26H25F3N2O/c27-26(28,29)22-12-7-13-23(18-22)30-14-16-31(17-15-30)25(32)19-24(20-8-3-1-4-9-20)21-10-5-2-6-11-21/h1-13,18,24H,14-17,19H2. The number of hydrogen-bond donors (Lipinski definition) is 0. The Morgan fingerprint density at radius 2 is 1.34 bits per heavy atom. The molecule has 32 heavy (non-hydrogen) atoms. The van der Waals surface area contributed by atoms with Gasteiger partial charge in [-0.2, -0.15) is 13.2 Å². The minimum Gasteiger partial charge on any atom is -0.368 e. The van der Waals surface area contributed by atoms with E-state index >= 15 is 0 Å². The van der Waals surface area contributed by atoms with Crippen molar-refractivity contribution < 1.29 is 18.0 Å². The highest BCUT2D eigenvalue weighted by Gasteiger charge is 2.31. The Labute approximate surface area is 186 Å². The van der Waals surface area contributed by atoms with Gasteiger partial charge in [-0.25, -0.2) is 0 Å². The minimum absolute atomic E-state index is 0.0357. The molecule has 0 atom stereocenters. The van der Waals surface area contributed by atoms with Crippen LogP contribution in [0, 0.1) is 0 Å². The molecule has 3 aromatic carbocycles. The fourth-order valence-electron chi connectivity index (χ4n) is 4.20. The number of alkyl halides is 3. The summed E-state index contributed by atoms with van der Waals surface area (Å²) in [7, 11) is 0. The van der Waals surface area contributed by atoms with Crippen LogP contribution in [-0.4, -0.2) is 37.0 Å². The maximum absolute atomic E-state index is 13.1. The van der Waals surface area contributed by atoms with Crippen LogP contribution >= 0.6 is 0 Å². The van der Waals surface area contributed by atoms with Crippen LogP contribution in [0.25, 0.3) is 0 Å². The Hall–Kier alpha value is -3.28. The van der Waals surface area contributed by atoms with Crippen LogP contribution in [0.5, 0.6) is 0 Å². The molecule has 1 amide bonds. The zero-order valence-corrected chi connectivity index (χ0v) is 17.6. The van der Waals surface area contributed by atoms with Gasteiger partial charge in [-0.15, -0.1) is 0 Å². The molecule has 1 fully saturated rings. The molecule has 3 aromatic rings. The largest absolute Gasteiger partial charge is 0.416 e. The van der Waals surface area contributed by atoms with Gasteiger partial charge in [0.15, 0.2) is 0 Å². The van der Waals surface area contributed by atoms with Gasteiger partial charge < -0.3 is 9.80 Å². The summed E-state index contributed by atoms with van der Waals surface area (Å²) in [4.78, 5) is 16.9. The monoisotopic (exact) mass is 438 g/mol. The van der Waals surface area contributed by atoms with Gasteiger partial charge in [-0.05, 0) is 29.3 Å². The molecule has 166 valence electrons. The molecule has 1 aliphatic rings. The molecule has 1 saturated heterocycles. The van der Waals surface area contributed by atoms with Gasteiger partial charge in [0.1, 0.15) is 0 Å². The van der Waals surface area contributed by atoms with Crippen LogP contribution in [0.3, 0.4) is 0 Å². The lowest BCUT2D eigenvalue weighted by Gasteiger charge is -2.37. The highest BCUT2D eigenvalue weighted by Crippen LogP contribution is 2.32. The number of benzene rings is 3. The van der Waals surface area contributed by atoms with Crippen LogP contribution in [-0.2, 0) is 11.0 Å². The maximum Gasteiger partial charge on any atom is 0.416 e. The van der Waals surface area contributed by atoms with Crippen molar-refractivity contribution in [1.29, 1.82) is 0 Å². The zero-order chi connectivity index (χ0) is 22.6. The molecule has 0 aliphatic carbocycles. The second-order valence-electron chi connectivity index (χ2n) is 7.99. The number of carbonyl (C=O) groups is 1. The first-order valence-corrected chi connectivity index (χ1v) is 10.7. The van der Waals surface area contributed by atoms with Crippen molar-refractivity contribution in [3.63, 3.8) is 0 Å². The van der Waals surface area contributed by atoms with Gasteiger partial charge in [0.2, 0.25) is 5.91 Å². The molecule has 0 saturated carbocycles. The van der Waals surface area contributed by atoms with E-state index in [1.807, 2.05) is 70.5 Å². The van der Waals surface area contributed by atoms with Crippen molar-refractivity contribution in [2.24, 2.45) is 0 Å². The van der Waals surface area contributed by atoms with Crippen molar-refractivity contribution >= 4 is 11.6 Å². The first-order chi connectivity index (χ1) is 15.4. The van der Waals surface area contributed by atoms with E-state index in [9.17, 15) is 18.0 Å². The van der Waals surface area contributed by atoms with Gasteiger partial charge in [0.25, 0.3) is 0 Å². The molecule has 0 N–H and O–H groups in total. The molecule has 6 heteroatoms. The van der Waals surface area contributed by atoms with Gasteiger partial charge in [-0.3, -0.25) is 4.79 Å². The molecule has 0 unspecified atom stereocenters. The lowest BCUT2D eigenvalue weighted by Crippen LogP contribution is -2.49. The molecule has 1 aliphatic heterocycles. The fraction of sp³-hybridized carbons (Fsp3) is 0.269. The quantitative estimate of drug-likeness (QED) is 0.520. The molecule has 1 heterocycles. The predicted molar refractivity (Wildman–Crippen MR) is 120 cm³/mol. The van der Waals surface area contributed by atoms with Gasteiger partial charge >= 0.3 is 6.18 Å². The molecule has 0 aromatic heterocycles. The van der Waals surface area contributed by atoms with Gasteiger partial charge in [0.05, 0.1) is 5.56 Å². The second kappa shape index (κ2) is 9.47. The van der Waals surface area contributed by atoms with Gasteiger partial charge in [-0.1, -0.05) is 66.7 Å². The van der Waals surface area contributed by atoms with Crippen molar-refractivity contribution in [2.75, 3.05) is 31.1 Å². The van der Waals surface area contributed by atoms with E-state index in [0.29, 0.717) is 38.3 Å². The average molecular weight is 438 g/mol. The molecule has 0 radical (unpaired) electrons. The Morgan fingerprint density at radius 1 is 0.781 bits per heavy atom. The smallest absolute Gasteiger partial charge is 0.368 e. The highest BCUT2D eigenvalue weighted by molar-refractivity contribution is 5.78. The Morgan fingerprint density at radius 3 is 1.88 bits per heavy atom. The van der Waals surface area contributed by atoms with Crippen LogP contribution in [0.15, 0.2) is 84.9 Å². The number of amides is 1. The number of piperazine rings is 1. The first kappa shape index (κ1) is 21.9. The van der Waals surface area contributed by atoms with Crippen molar-refractivity contribution in [3.8, 4) is 0 Å². The summed E-state index contributed by atoms with van der Waals surface area (Å²) < 4.78 is 39.1. The Balaban J connectivity index is 1.43. The Bertz CT molecular complexity index is 990. The number of carbonyl (C=O) groups excluding carboxylic acids is 1. The van der Waals surface area contributed by atoms with E-state index in [0.717, 1.165) is 17.2 Å². The molecule has 0 bridgehead atoms. The summed E-state index contributed by atoms with van der Waals surface area (Å²) in [6.45, 7) is 2.00. The molecule has 0 spiro atoms. The van der Waals surface area contributed by atoms with Crippen molar-refractivity contribution in [3.05, 3.63) is 102 Å². The van der Waals surface area contributed by atoms with E-state index < -0.39 is 11.7 Å². The van der Waals surface area contributed by atoms with E-state index in [1.54, 1.807) is 6.07 Å². The topological polar surface area (TPSA) is 23.6 Å². The predicted octanol–water partition coefficient (Wildman–Crippen LogP) is 5.58. The SMILES string of the molecule is O=C(CC(c1ccccc1)c1ccccc1)N1CCN(c2cccc(C(F)(F)F)c2)CC1. The number of rotatable bonds is 5. The second-order valence-corrected chi connectivity index (χ2v) is 7.99. The van der Waals surface area contributed by atoms with Crippen molar-refractivity contribution in [1.82, 2.24) is 4.90 Å². The maximum atomic E-state index is 13.1. The third kappa shape index (κ3) is 5.13. The minimum atomic E-state index is -4.36. The average Bonchev–Trinajstić information content (AvgIpc) is 2.83.